The van der Waals surface area contributed by atoms with Crippen LogP contribution in [-0.4, -0.2) is 60.8 Å². The SMILES string of the molecule is CCCC1CCC(O)C(CN2CCCN(C)CC2)C1. The maximum absolute atomic E-state index is 10.3. The monoisotopic (exact) mass is 268 g/mol. The number of likely N-dealkylation sites (N-methyl/N-ethyl adjacent to an activating group) is 1. The third kappa shape index (κ3) is 4.73. The highest BCUT2D eigenvalue weighted by atomic mass is 16.3. The number of aliphatic hydroxyl groups is 1. The van der Waals surface area contributed by atoms with E-state index in [2.05, 4.69) is 23.8 Å². The Balaban J connectivity index is 1.82. The van der Waals surface area contributed by atoms with Crippen LogP contribution in [0.1, 0.15) is 45.4 Å². The maximum Gasteiger partial charge on any atom is 0.0580 e. The first-order valence-electron chi connectivity index (χ1n) is 8.28. The summed E-state index contributed by atoms with van der Waals surface area (Å²) in [5.41, 5.74) is 0. The molecule has 0 aromatic carbocycles. The van der Waals surface area contributed by atoms with Crippen molar-refractivity contribution in [2.75, 3.05) is 39.8 Å². The summed E-state index contributed by atoms with van der Waals surface area (Å²) < 4.78 is 0. The van der Waals surface area contributed by atoms with Gasteiger partial charge in [-0.1, -0.05) is 19.8 Å². The lowest BCUT2D eigenvalue weighted by atomic mass is 9.77. The molecule has 2 fully saturated rings. The predicted molar refractivity (Wildman–Crippen MR) is 80.3 cm³/mol. The number of aliphatic hydroxyl groups excluding tert-OH is 1. The molecule has 0 aromatic heterocycles. The van der Waals surface area contributed by atoms with Gasteiger partial charge < -0.3 is 14.9 Å². The molecule has 3 unspecified atom stereocenters. The van der Waals surface area contributed by atoms with E-state index in [1.54, 1.807) is 0 Å². The Kier molecular flexibility index (Phi) is 6.11. The van der Waals surface area contributed by atoms with E-state index in [1.165, 1.54) is 58.3 Å². The topological polar surface area (TPSA) is 26.7 Å². The molecule has 3 heteroatoms. The highest BCUT2D eigenvalue weighted by Gasteiger charge is 2.30. The lowest BCUT2D eigenvalue weighted by Crippen LogP contribution is -2.40. The van der Waals surface area contributed by atoms with Crippen LogP contribution in [0.25, 0.3) is 0 Å². The van der Waals surface area contributed by atoms with Crippen molar-refractivity contribution >= 4 is 0 Å². The first-order valence-corrected chi connectivity index (χ1v) is 8.28. The zero-order valence-electron chi connectivity index (χ0n) is 12.9. The first kappa shape index (κ1) is 15.3. The molecule has 1 aliphatic carbocycles. The lowest BCUT2D eigenvalue weighted by molar-refractivity contribution is 0.0264. The molecule has 1 saturated carbocycles. The molecule has 112 valence electrons. The van der Waals surface area contributed by atoms with E-state index in [-0.39, 0.29) is 6.10 Å². The van der Waals surface area contributed by atoms with E-state index >= 15 is 0 Å². The molecule has 2 aliphatic rings. The quantitative estimate of drug-likeness (QED) is 0.847. The molecule has 0 bridgehead atoms. The number of hydrogen-bond donors (Lipinski definition) is 1. The van der Waals surface area contributed by atoms with E-state index in [1.807, 2.05) is 0 Å². The summed E-state index contributed by atoms with van der Waals surface area (Å²) in [7, 11) is 2.22. The zero-order chi connectivity index (χ0) is 13.7. The average molecular weight is 268 g/mol. The summed E-state index contributed by atoms with van der Waals surface area (Å²) >= 11 is 0. The molecule has 2 rings (SSSR count). The standard InChI is InChI=1S/C16H32N2O/c1-3-5-14-6-7-16(19)15(12-14)13-18-9-4-8-17(2)10-11-18/h14-16,19H,3-13H2,1-2H3. The summed E-state index contributed by atoms with van der Waals surface area (Å²) in [6.45, 7) is 8.20. The summed E-state index contributed by atoms with van der Waals surface area (Å²) in [5.74, 6) is 1.39. The highest BCUT2D eigenvalue weighted by Crippen LogP contribution is 2.32. The van der Waals surface area contributed by atoms with Gasteiger partial charge in [0.15, 0.2) is 0 Å². The van der Waals surface area contributed by atoms with Gasteiger partial charge in [-0.25, -0.2) is 0 Å². The number of rotatable bonds is 4. The van der Waals surface area contributed by atoms with Gasteiger partial charge in [0.2, 0.25) is 0 Å². The van der Waals surface area contributed by atoms with Crippen molar-refractivity contribution in [2.45, 2.75) is 51.6 Å². The van der Waals surface area contributed by atoms with E-state index in [9.17, 15) is 5.11 Å². The fraction of sp³-hybridized carbons (Fsp3) is 1.00. The van der Waals surface area contributed by atoms with Crippen molar-refractivity contribution in [1.82, 2.24) is 9.80 Å². The average Bonchev–Trinajstić information content (AvgIpc) is 2.59. The van der Waals surface area contributed by atoms with Crippen molar-refractivity contribution < 1.29 is 5.11 Å². The molecular formula is C16H32N2O. The van der Waals surface area contributed by atoms with Crippen molar-refractivity contribution in [3.05, 3.63) is 0 Å². The number of hydrogen-bond acceptors (Lipinski definition) is 3. The molecule has 1 saturated heterocycles. The van der Waals surface area contributed by atoms with Crippen LogP contribution in [0.3, 0.4) is 0 Å². The summed E-state index contributed by atoms with van der Waals surface area (Å²) in [6.07, 6.45) is 7.40. The van der Waals surface area contributed by atoms with Crippen LogP contribution in [-0.2, 0) is 0 Å². The van der Waals surface area contributed by atoms with Crippen LogP contribution in [0, 0.1) is 11.8 Å². The number of nitrogens with zero attached hydrogens (tertiary/aromatic N) is 2. The summed E-state index contributed by atoms with van der Waals surface area (Å²) in [6, 6.07) is 0. The van der Waals surface area contributed by atoms with Gasteiger partial charge in [-0.15, -0.1) is 0 Å². The minimum Gasteiger partial charge on any atom is -0.393 e. The van der Waals surface area contributed by atoms with Crippen molar-refractivity contribution in [2.24, 2.45) is 11.8 Å². The third-order valence-corrected chi connectivity index (χ3v) is 5.05. The largest absolute Gasteiger partial charge is 0.393 e. The second kappa shape index (κ2) is 7.61. The Morgan fingerprint density at radius 1 is 1.11 bits per heavy atom. The van der Waals surface area contributed by atoms with E-state index in [4.69, 9.17) is 0 Å². The van der Waals surface area contributed by atoms with Crippen LogP contribution in [0.15, 0.2) is 0 Å². The Labute approximate surface area is 119 Å². The van der Waals surface area contributed by atoms with Crippen LogP contribution in [0.4, 0.5) is 0 Å². The normalized spacial score (nSPS) is 35.2. The van der Waals surface area contributed by atoms with Gasteiger partial charge in [0.1, 0.15) is 0 Å². The third-order valence-electron chi connectivity index (χ3n) is 5.05. The van der Waals surface area contributed by atoms with Gasteiger partial charge in [-0.05, 0) is 57.7 Å². The fourth-order valence-corrected chi connectivity index (χ4v) is 3.83. The van der Waals surface area contributed by atoms with Gasteiger partial charge in [-0.3, -0.25) is 0 Å². The van der Waals surface area contributed by atoms with E-state index in [0.717, 1.165) is 18.9 Å². The van der Waals surface area contributed by atoms with Crippen LogP contribution in [0.5, 0.6) is 0 Å². The maximum atomic E-state index is 10.3. The van der Waals surface area contributed by atoms with Crippen LogP contribution >= 0.6 is 0 Å². The van der Waals surface area contributed by atoms with Gasteiger partial charge in [-0.2, -0.15) is 0 Å². The molecule has 0 aromatic rings. The van der Waals surface area contributed by atoms with Crippen molar-refractivity contribution in [3.63, 3.8) is 0 Å². The Bertz CT molecular complexity index is 259. The molecule has 3 nitrogen and oxygen atoms in total. The minimum atomic E-state index is -0.0471. The molecular weight excluding hydrogens is 236 g/mol. The smallest absolute Gasteiger partial charge is 0.0580 e. The molecule has 1 N–H and O–H groups in total. The molecule has 0 amide bonds. The van der Waals surface area contributed by atoms with E-state index in [0.29, 0.717) is 5.92 Å². The van der Waals surface area contributed by atoms with Gasteiger partial charge in [0.25, 0.3) is 0 Å². The molecule has 1 heterocycles. The van der Waals surface area contributed by atoms with E-state index < -0.39 is 0 Å². The molecule has 19 heavy (non-hydrogen) atoms. The second-order valence-corrected chi connectivity index (χ2v) is 6.75. The zero-order valence-corrected chi connectivity index (χ0v) is 12.9. The first-order chi connectivity index (χ1) is 9.19. The molecule has 1 aliphatic heterocycles. The van der Waals surface area contributed by atoms with Crippen molar-refractivity contribution in [1.29, 1.82) is 0 Å². The molecule has 3 atom stereocenters. The highest BCUT2D eigenvalue weighted by molar-refractivity contribution is 4.82. The Morgan fingerprint density at radius 3 is 2.74 bits per heavy atom. The fourth-order valence-electron chi connectivity index (χ4n) is 3.83. The second-order valence-electron chi connectivity index (χ2n) is 6.75. The molecule has 0 spiro atoms. The summed E-state index contributed by atoms with van der Waals surface area (Å²) in [4.78, 5) is 5.02. The van der Waals surface area contributed by atoms with Gasteiger partial charge >= 0.3 is 0 Å². The van der Waals surface area contributed by atoms with Gasteiger partial charge in [0, 0.05) is 19.6 Å². The Hall–Kier alpha value is -0.120. The predicted octanol–water partition coefficient (Wildman–Crippen LogP) is 2.20. The van der Waals surface area contributed by atoms with Crippen LogP contribution in [0.2, 0.25) is 0 Å². The van der Waals surface area contributed by atoms with Gasteiger partial charge in [0.05, 0.1) is 6.10 Å². The minimum absolute atomic E-state index is 0.0471. The summed E-state index contributed by atoms with van der Waals surface area (Å²) in [5, 5.41) is 10.3. The van der Waals surface area contributed by atoms with Crippen molar-refractivity contribution in [3.8, 4) is 0 Å². The molecule has 0 radical (unpaired) electrons. The Morgan fingerprint density at radius 2 is 1.95 bits per heavy atom. The van der Waals surface area contributed by atoms with Crippen LogP contribution < -0.4 is 0 Å². The lowest BCUT2D eigenvalue weighted by Gasteiger charge is -2.36.